The number of ether oxygens (including phenoxy) is 2. The van der Waals surface area contributed by atoms with Crippen LogP contribution >= 0.6 is 0 Å². The number of guanidine groups is 2. The molecule has 0 spiro atoms. The summed E-state index contributed by atoms with van der Waals surface area (Å²) >= 11 is 0. The topological polar surface area (TPSA) is 230 Å². The average Bonchev–Trinajstić information content (AvgIpc) is 3.54. The lowest BCUT2D eigenvalue weighted by molar-refractivity contribution is -0.138. The number of carbonyl (C=O) groups is 2. The third kappa shape index (κ3) is 11.9. The predicted molar refractivity (Wildman–Crippen MR) is 183 cm³/mol. The van der Waals surface area contributed by atoms with E-state index in [1.807, 2.05) is 0 Å². The Morgan fingerprint density at radius 2 is 1.52 bits per heavy atom. The molecule has 1 aliphatic heterocycles. The van der Waals surface area contributed by atoms with E-state index < -0.39 is 53.2 Å². The summed E-state index contributed by atoms with van der Waals surface area (Å²) in [6, 6.07) is 8.41. The summed E-state index contributed by atoms with van der Waals surface area (Å²) in [5.41, 5.74) is 18.0. The Hall–Kier alpha value is -5.92. The van der Waals surface area contributed by atoms with Crippen LogP contribution in [0.5, 0.6) is 17.2 Å². The summed E-state index contributed by atoms with van der Waals surface area (Å²) < 4.78 is 94.2. The van der Waals surface area contributed by atoms with Crippen molar-refractivity contribution in [3.05, 3.63) is 65.7 Å². The Labute approximate surface area is 293 Å². The molecule has 0 bridgehead atoms. The van der Waals surface area contributed by atoms with Crippen molar-refractivity contribution in [2.75, 3.05) is 35.6 Å². The van der Waals surface area contributed by atoms with Crippen molar-refractivity contribution in [1.29, 1.82) is 0 Å². The highest BCUT2D eigenvalue weighted by molar-refractivity contribution is 6.03. The summed E-state index contributed by atoms with van der Waals surface area (Å²) in [5, 5.41) is 10.3. The number of unbranched alkanes of at least 4 members (excludes halogenated alkanes) is 1. The fourth-order valence-electron chi connectivity index (χ4n) is 4.90. The number of carbonyl (C=O) groups excluding carboxylic acids is 2. The first-order chi connectivity index (χ1) is 24.5. The molecule has 280 valence electrons. The lowest BCUT2D eigenvalue weighted by atomic mass is 10.1. The molecule has 3 aromatic carbocycles. The number of alkyl halides is 6. The van der Waals surface area contributed by atoms with Crippen LogP contribution in [0.2, 0.25) is 0 Å². The van der Waals surface area contributed by atoms with E-state index in [0.717, 1.165) is 18.2 Å². The lowest BCUT2D eigenvalue weighted by Gasteiger charge is -2.22. The van der Waals surface area contributed by atoms with Crippen molar-refractivity contribution < 1.29 is 45.4 Å². The molecule has 14 nitrogen and oxygen atoms in total. The van der Waals surface area contributed by atoms with E-state index >= 15 is 0 Å². The zero-order valence-corrected chi connectivity index (χ0v) is 27.3. The van der Waals surface area contributed by atoms with Gasteiger partial charge in [-0.3, -0.25) is 9.79 Å². The van der Waals surface area contributed by atoms with Gasteiger partial charge in [0.15, 0.2) is 17.7 Å². The van der Waals surface area contributed by atoms with Crippen molar-refractivity contribution in [3.63, 3.8) is 0 Å². The molecular formula is C32H36F6N10O4. The molecule has 12 N–H and O–H groups in total. The number of hydrogen-bond donors (Lipinski definition) is 8. The van der Waals surface area contributed by atoms with Crippen molar-refractivity contribution in [3.8, 4) is 17.2 Å². The highest BCUT2D eigenvalue weighted by Crippen LogP contribution is 2.42. The fraction of sp³-hybridized carbons (Fsp3) is 0.312. The van der Waals surface area contributed by atoms with Gasteiger partial charge in [-0.2, -0.15) is 26.3 Å². The fourth-order valence-corrected chi connectivity index (χ4v) is 4.90. The van der Waals surface area contributed by atoms with Gasteiger partial charge in [0.1, 0.15) is 17.6 Å². The minimum absolute atomic E-state index is 0.0205. The number of benzene rings is 3. The number of urea groups is 1. The average molecular weight is 739 g/mol. The third-order valence-electron chi connectivity index (χ3n) is 7.15. The van der Waals surface area contributed by atoms with Crippen molar-refractivity contribution in [2.45, 2.75) is 44.1 Å². The van der Waals surface area contributed by atoms with E-state index in [4.69, 9.17) is 32.4 Å². The third-order valence-corrected chi connectivity index (χ3v) is 7.15. The normalized spacial score (nSPS) is 14.2. The van der Waals surface area contributed by atoms with Crippen LogP contribution in [0.15, 0.2) is 64.6 Å². The van der Waals surface area contributed by atoms with Crippen LogP contribution in [0.4, 0.5) is 53.9 Å². The molecular weight excluding hydrogens is 702 g/mol. The molecule has 1 fully saturated rings. The van der Waals surface area contributed by atoms with Crippen molar-refractivity contribution in [1.82, 2.24) is 5.32 Å². The monoisotopic (exact) mass is 738 g/mol. The van der Waals surface area contributed by atoms with Gasteiger partial charge in [0.05, 0.1) is 28.2 Å². The van der Waals surface area contributed by atoms with Crippen LogP contribution in [-0.2, 0) is 17.1 Å². The Morgan fingerprint density at radius 3 is 2.15 bits per heavy atom. The molecule has 3 aromatic rings. The summed E-state index contributed by atoms with van der Waals surface area (Å²) in [5.74, 6) is -1.72. The maximum Gasteiger partial charge on any atom is 0.416 e. The molecule has 0 saturated carbocycles. The highest BCUT2D eigenvalue weighted by Gasteiger charge is 2.34. The molecule has 0 aromatic heterocycles. The molecule has 0 aliphatic carbocycles. The van der Waals surface area contributed by atoms with Crippen LogP contribution < -0.4 is 53.7 Å². The number of anilines is 3. The van der Waals surface area contributed by atoms with Crippen LogP contribution in [0.1, 0.15) is 36.8 Å². The second kappa shape index (κ2) is 16.9. The van der Waals surface area contributed by atoms with Gasteiger partial charge in [-0.05, 0) is 62.2 Å². The van der Waals surface area contributed by atoms with E-state index in [-0.39, 0.29) is 53.2 Å². The molecule has 1 aliphatic rings. The Morgan fingerprint density at radius 1 is 0.827 bits per heavy atom. The van der Waals surface area contributed by atoms with Gasteiger partial charge >= 0.3 is 18.4 Å². The van der Waals surface area contributed by atoms with E-state index in [1.54, 1.807) is 0 Å². The second-order valence-electron chi connectivity index (χ2n) is 11.4. The number of nitrogens with two attached hydrogens (primary N) is 4. The molecule has 1 saturated heterocycles. The molecule has 1 atom stereocenters. The first-order valence-electron chi connectivity index (χ1n) is 15.6. The number of halogens is 6. The Bertz CT molecular complexity index is 1800. The molecule has 52 heavy (non-hydrogen) atoms. The van der Waals surface area contributed by atoms with E-state index in [1.165, 1.54) is 24.3 Å². The van der Waals surface area contributed by atoms with Crippen LogP contribution in [0.25, 0.3) is 0 Å². The SMILES string of the molecule is NC(N)=NCCCCC(=O)Nc1cc(C(F)(F)F)cc(NC(=O)Nc2cccc(Oc3cc(N=C(N)N)cc(C(F)(F)F)c3)c2)c1OC1CCNC1. The molecule has 1 heterocycles. The van der Waals surface area contributed by atoms with Gasteiger partial charge in [-0.1, -0.05) is 6.07 Å². The summed E-state index contributed by atoms with van der Waals surface area (Å²) in [6.45, 7) is 1.18. The number of rotatable bonds is 13. The van der Waals surface area contributed by atoms with E-state index in [9.17, 15) is 35.9 Å². The van der Waals surface area contributed by atoms with Gasteiger partial charge < -0.3 is 53.7 Å². The molecule has 3 amide bonds. The van der Waals surface area contributed by atoms with Gasteiger partial charge in [-0.15, -0.1) is 0 Å². The van der Waals surface area contributed by atoms with Gasteiger partial charge in [0, 0.05) is 37.3 Å². The number of nitrogens with one attached hydrogen (secondary N) is 4. The maximum atomic E-state index is 14.0. The number of hydrogen-bond acceptors (Lipinski definition) is 7. The first kappa shape index (κ1) is 38.9. The van der Waals surface area contributed by atoms with E-state index in [2.05, 4.69) is 31.3 Å². The van der Waals surface area contributed by atoms with Gasteiger partial charge in [0.2, 0.25) is 5.91 Å². The molecule has 1 unspecified atom stereocenters. The smallest absolute Gasteiger partial charge is 0.416 e. The summed E-state index contributed by atoms with van der Waals surface area (Å²) in [4.78, 5) is 33.5. The lowest BCUT2D eigenvalue weighted by Crippen LogP contribution is -2.25. The second-order valence-corrected chi connectivity index (χ2v) is 11.4. The van der Waals surface area contributed by atoms with Crippen LogP contribution in [0.3, 0.4) is 0 Å². The van der Waals surface area contributed by atoms with E-state index in [0.29, 0.717) is 44.5 Å². The minimum atomic E-state index is -4.88. The van der Waals surface area contributed by atoms with Gasteiger partial charge in [-0.25, -0.2) is 9.79 Å². The number of nitrogens with zero attached hydrogens (tertiary/aromatic N) is 2. The minimum Gasteiger partial charge on any atom is -0.485 e. The molecule has 20 heteroatoms. The Kier molecular flexibility index (Phi) is 12.6. The molecule has 4 rings (SSSR count). The zero-order chi connectivity index (χ0) is 38.1. The van der Waals surface area contributed by atoms with Gasteiger partial charge in [0.25, 0.3) is 0 Å². The zero-order valence-electron chi connectivity index (χ0n) is 27.3. The highest BCUT2D eigenvalue weighted by atomic mass is 19.4. The number of aliphatic imine (C=N–C) groups is 2. The summed E-state index contributed by atoms with van der Waals surface area (Å²) in [6.07, 6.45) is -8.94. The standard InChI is InChI=1S/C32H36F6N10O4/c33-31(34,35)17-10-20(45-29(41)42)15-23(11-17)51-21-5-3-4-19(14-21)46-30(50)48-25-13-18(32(36,37)38)12-24(27(25)52-22-7-9-43-16-22)47-26(49)6-1-2-8-44-28(39)40/h3-5,10-15,22,43H,1-2,6-9,16H2,(H,47,49)(H4,39,40,44)(H4,41,42,45)(H2,46,48,50). The maximum absolute atomic E-state index is 14.0. The largest absolute Gasteiger partial charge is 0.485 e. The Balaban J connectivity index is 1.58. The summed E-state index contributed by atoms with van der Waals surface area (Å²) in [7, 11) is 0. The quantitative estimate of drug-likeness (QED) is 0.0499. The first-order valence-corrected chi connectivity index (χ1v) is 15.6. The predicted octanol–water partition coefficient (Wildman–Crippen LogP) is 5.19. The van der Waals surface area contributed by atoms with Crippen LogP contribution in [0, 0.1) is 0 Å². The van der Waals surface area contributed by atoms with Crippen LogP contribution in [-0.4, -0.2) is 49.6 Å². The van der Waals surface area contributed by atoms with Crippen molar-refractivity contribution in [2.24, 2.45) is 32.9 Å². The van der Waals surface area contributed by atoms with Crippen molar-refractivity contribution >= 4 is 46.6 Å². The number of amides is 3. The molecule has 0 radical (unpaired) electrons.